The maximum absolute atomic E-state index is 15.2. The molecule has 3 heterocycles. The fraction of sp³-hybridized carbons (Fsp3) is 0.545. The molecule has 0 spiro atoms. The first-order chi connectivity index (χ1) is 17.6. The van der Waals surface area contributed by atoms with Gasteiger partial charge in [0.15, 0.2) is 5.82 Å². The largest absolute Gasteiger partial charge is 0.522 e. The molecule has 1 amide bonds. The minimum atomic E-state index is -4.79. The molecule has 4 aliphatic rings. The van der Waals surface area contributed by atoms with Gasteiger partial charge in [-0.25, -0.2) is 19.2 Å². The van der Waals surface area contributed by atoms with E-state index in [1.54, 1.807) is 6.07 Å². The third kappa shape index (κ3) is 4.79. The van der Waals surface area contributed by atoms with Gasteiger partial charge in [-0.15, -0.1) is 13.2 Å². The van der Waals surface area contributed by atoms with E-state index in [9.17, 15) is 18.0 Å². The van der Waals surface area contributed by atoms with Gasteiger partial charge in [-0.3, -0.25) is 14.2 Å². The summed E-state index contributed by atoms with van der Waals surface area (Å²) in [4.78, 5) is 20.5. The summed E-state index contributed by atoms with van der Waals surface area (Å²) in [5, 5.41) is 12.8. The Morgan fingerprint density at radius 2 is 2.03 bits per heavy atom. The van der Waals surface area contributed by atoms with E-state index in [2.05, 4.69) is 35.5 Å². The molecule has 0 unspecified atom stereocenters. The molecule has 3 aromatic rings. The highest BCUT2D eigenvalue weighted by Gasteiger charge is 2.58. The molecule has 2 bridgehead atoms. The van der Waals surface area contributed by atoms with Crippen LogP contribution in [0.15, 0.2) is 18.3 Å². The van der Waals surface area contributed by atoms with Gasteiger partial charge in [0, 0.05) is 35.5 Å². The number of rotatable bonds is 7. The average molecular weight is 544 g/mol. The third-order valence-electron chi connectivity index (χ3n) is 7.26. The number of aromatic nitrogens is 5. The molecule has 4 saturated carbocycles. The number of hydrogen-bond donors (Lipinski definition) is 3. The van der Waals surface area contributed by atoms with Crippen LogP contribution in [0, 0.1) is 5.92 Å². The molecule has 15 heteroatoms. The summed E-state index contributed by atoms with van der Waals surface area (Å²) < 4.78 is 63.0. The van der Waals surface area contributed by atoms with Crippen molar-refractivity contribution < 1.29 is 31.8 Å². The Morgan fingerprint density at radius 3 is 2.73 bits per heavy atom. The molecular weight excluding hydrogens is 522 g/mol. The van der Waals surface area contributed by atoms with Gasteiger partial charge < -0.3 is 15.4 Å². The second kappa shape index (κ2) is 8.72. The number of nitrogens with one attached hydrogen (secondary N) is 3. The third-order valence-corrected chi connectivity index (χ3v) is 7.45. The first-order valence-electron chi connectivity index (χ1n) is 11.8. The number of alkyl carbamates (subject to hydrolysis) is 1. The highest BCUT2D eigenvalue weighted by molar-refractivity contribution is 6.29. The van der Waals surface area contributed by atoms with Crippen LogP contribution >= 0.6 is 11.6 Å². The molecule has 0 aromatic carbocycles. The van der Waals surface area contributed by atoms with Gasteiger partial charge in [-0.1, -0.05) is 11.6 Å². The van der Waals surface area contributed by atoms with E-state index < -0.39 is 37.3 Å². The van der Waals surface area contributed by atoms with Gasteiger partial charge in [0.2, 0.25) is 5.95 Å². The predicted molar refractivity (Wildman–Crippen MR) is 121 cm³/mol. The number of carbonyl (C=O) groups is 1. The van der Waals surface area contributed by atoms with Crippen LogP contribution in [-0.4, -0.2) is 54.8 Å². The lowest BCUT2D eigenvalue weighted by atomic mass is 9.50. The van der Waals surface area contributed by atoms with Crippen molar-refractivity contribution in [3.63, 3.8) is 0 Å². The molecule has 4 fully saturated rings. The maximum atomic E-state index is 15.2. The van der Waals surface area contributed by atoms with E-state index in [1.165, 1.54) is 16.7 Å². The van der Waals surface area contributed by atoms with Gasteiger partial charge in [0.1, 0.15) is 23.1 Å². The fourth-order valence-electron chi connectivity index (χ4n) is 5.42. The first kappa shape index (κ1) is 24.2. The Bertz CT molecular complexity index is 1330. The Labute approximate surface area is 212 Å². The number of H-pyrrole nitrogens is 1. The fourth-order valence-corrected chi connectivity index (χ4v) is 5.59. The molecule has 198 valence electrons. The minimum absolute atomic E-state index is 0.0162. The molecule has 0 saturated heterocycles. The monoisotopic (exact) mass is 543 g/mol. The Balaban J connectivity index is 1.11. The number of alkyl halides is 4. The highest BCUT2D eigenvalue weighted by Crippen LogP contribution is 2.57. The summed E-state index contributed by atoms with van der Waals surface area (Å²) in [6.45, 7) is -0.781. The van der Waals surface area contributed by atoms with E-state index in [0.29, 0.717) is 24.5 Å². The van der Waals surface area contributed by atoms with Crippen LogP contribution in [0.2, 0.25) is 5.15 Å². The number of aromatic amines is 1. The SMILES string of the molecule is O=C(NC12CC(C1)C2)O[C@H]1CC[C@@H](c2cc(Nc3nc(Cl)cc4nc(COC(F)(F)F)cn34)n[nH]2)[C@H]1F. The summed E-state index contributed by atoms with van der Waals surface area (Å²) in [6, 6.07) is 2.98. The van der Waals surface area contributed by atoms with Crippen molar-refractivity contribution in [3.05, 3.63) is 34.9 Å². The summed E-state index contributed by atoms with van der Waals surface area (Å²) in [6.07, 6.45) is -2.57. The summed E-state index contributed by atoms with van der Waals surface area (Å²) in [7, 11) is 0. The van der Waals surface area contributed by atoms with Crippen LogP contribution in [-0.2, 0) is 16.1 Å². The molecule has 0 aliphatic heterocycles. The number of fused-ring (bicyclic) bond motifs is 1. The normalized spacial score (nSPS) is 28.6. The number of imidazole rings is 1. The van der Waals surface area contributed by atoms with Crippen molar-refractivity contribution in [3.8, 4) is 0 Å². The second-order valence-corrected chi connectivity index (χ2v) is 10.3. The number of halogens is 5. The lowest BCUT2D eigenvalue weighted by molar-refractivity contribution is -0.330. The number of amides is 1. The zero-order chi connectivity index (χ0) is 25.9. The molecule has 0 radical (unpaired) electrons. The maximum Gasteiger partial charge on any atom is 0.522 e. The zero-order valence-corrected chi connectivity index (χ0v) is 19.9. The van der Waals surface area contributed by atoms with Crippen LogP contribution < -0.4 is 10.6 Å². The Kier molecular flexibility index (Phi) is 5.71. The number of nitrogens with zero attached hydrogens (tertiary/aromatic N) is 4. The van der Waals surface area contributed by atoms with Crippen molar-refractivity contribution in [2.45, 2.75) is 68.8 Å². The molecule has 3 N–H and O–H groups in total. The van der Waals surface area contributed by atoms with Crippen molar-refractivity contribution in [1.29, 1.82) is 0 Å². The molecule has 37 heavy (non-hydrogen) atoms. The van der Waals surface area contributed by atoms with Crippen LogP contribution in [0.5, 0.6) is 0 Å². The van der Waals surface area contributed by atoms with E-state index in [4.69, 9.17) is 16.3 Å². The standard InChI is InChI=1S/C22H22ClF4N7O3/c23-15-4-17-28-11(9-36-22(25,26)27)8-34(17)19(29-15)30-16-3-13(32-33-16)12-1-2-14(18(12)24)37-20(35)31-21-5-10(6-21)7-21/h3-4,8,10,12,14,18H,1-2,5-7,9H2,(H,31,35)(H2,29,30,32,33)/t10?,12-,14-,18+,21?/m0/s1. The average Bonchev–Trinajstić information content (AvgIpc) is 3.47. The number of ether oxygens (including phenoxy) is 2. The van der Waals surface area contributed by atoms with Gasteiger partial charge in [0.05, 0.1) is 12.3 Å². The second-order valence-electron chi connectivity index (χ2n) is 9.89. The van der Waals surface area contributed by atoms with Crippen LogP contribution in [0.25, 0.3) is 5.65 Å². The molecular formula is C22H22ClF4N7O3. The number of anilines is 2. The lowest BCUT2D eigenvalue weighted by Crippen LogP contribution is -2.68. The molecule has 4 aliphatic carbocycles. The molecule has 3 atom stereocenters. The zero-order valence-electron chi connectivity index (χ0n) is 19.2. The van der Waals surface area contributed by atoms with Gasteiger partial charge in [-0.05, 0) is 38.0 Å². The lowest BCUT2D eigenvalue weighted by Gasteiger charge is -2.61. The van der Waals surface area contributed by atoms with Gasteiger partial charge in [-0.2, -0.15) is 5.10 Å². The summed E-state index contributed by atoms with van der Waals surface area (Å²) in [5.74, 6) is 0.569. The predicted octanol–water partition coefficient (Wildman–Crippen LogP) is 4.75. The number of hydrogen-bond acceptors (Lipinski definition) is 7. The summed E-state index contributed by atoms with van der Waals surface area (Å²) >= 11 is 6.05. The van der Waals surface area contributed by atoms with Crippen LogP contribution in [0.3, 0.4) is 0 Å². The van der Waals surface area contributed by atoms with Crippen molar-refractivity contribution in [1.82, 2.24) is 29.9 Å². The molecule has 3 aromatic heterocycles. The van der Waals surface area contributed by atoms with E-state index in [0.717, 1.165) is 19.3 Å². The first-order valence-corrected chi connectivity index (χ1v) is 12.1. The van der Waals surface area contributed by atoms with Crippen molar-refractivity contribution in [2.75, 3.05) is 5.32 Å². The minimum Gasteiger partial charge on any atom is -0.443 e. The van der Waals surface area contributed by atoms with E-state index in [1.807, 2.05) is 0 Å². The number of carbonyl (C=O) groups excluding carboxylic acids is 1. The van der Waals surface area contributed by atoms with Crippen LogP contribution in [0.4, 0.5) is 34.1 Å². The quantitative estimate of drug-likeness (QED) is 0.291. The van der Waals surface area contributed by atoms with E-state index in [-0.39, 0.29) is 33.8 Å². The Morgan fingerprint density at radius 1 is 1.24 bits per heavy atom. The molecule has 7 rings (SSSR count). The highest BCUT2D eigenvalue weighted by atomic mass is 35.5. The van der Waals surface area contributed by atoms with Gasteiger partial charge in [0.25, 0.3) is 0 Å². The van der Waals surface area contributed by atoms with E-state index >= 15 is 4.39 Å². The smallest absolute Gasteiger partial charge is 0.443 e. The molecule has 10 nitrogen and oxygen atoms in total. The summed E-state index contributed by atoms with van der Waals surface area (Å²) in [5.41, 5.74) is 0.624. The van der Waals surface area contributed by atoms with Crippen molar-refractivity contribution >= 4 is 35.1 Å². The van der Waals surface area contributed by atoms with Crippen molar-refractivity contribution in [2.24, 2.45) is 5.92 Å². The van der Waals surface area contributed by atoms with Crippen LogP contribution in [0.1, 0.15) is 49.4 Å². The topological polar surface area (TPSA) is 118 Å². The van der Waals surface area contributed by atoms with Gasteiger partial charge >= 0.3 is 12.5 Å². The Hall–Kier alpha value is -3.13.